The fourth-order valence-electron chi connectivity index (χ4n) is 3.27. The summed E-state index contributed by atoms with van der Waals surface area (Å²) in [6.45, 7) is 1.89. The third-order valence-electron chi connectivity index (χ3n) is 5.13. The van der Waals surface area contributed by atoms with Crippen LogP contribution in [0, 0.1) is 0 Å². The van der Waals surface area contributed by atoms with Crippen molar-refractivity contribution < 1.29 is 22.7 Å². The van der Waals surface area contributed by atoms with Crippen molar-refractivity contribution in [3.05, 3.63) is 88.9 Å². The summed E-state index contributed by atoms with van der Waals surface area (Å²) < 4.78 is 36.8. The van der Waals surface area contributed by atoms with Gasteiger partial charge in [0.2, 0.25) is 10.0 Å². The van der Waals surface area contributed by atoms with E-state index in [0.717, 1.165) is 23.1 Å². The van der Waals surface area contributed by atoms with Crippen LogP contribution in [0.3, 0.4) is 0 Å². The van der Waals surface area contributed by atoms with Gasteiger partial charge in [0.05, 0.1) is 31.6 Å². The standard InChI is InChI=1S/C25H27ClN2O5S/c1-18(20-6-12-23(32-2)13-7-20)27-25(29)17-33-24-14-10-22(11-15-24)28(34(3,30)31)16-19-4-8-21(26)9-5-19/h4-15,18H,16-17H2,1-3H3,(H,27,29). The first kappa shape index (κ1) is 25.4. The molecule has 0 saturated heterocycles. The van der Waals surface area contributed by atoms with Crippen molar-refractivity contribution >= 4 is 33.2 Å². The molecule has 0 heterocycles. The second-order valence-electron chi connectivity index (χ2n) is 7.74. The molecule has 9 heteroatoms. The van der Waals surface area contributed by atoms with Crippen molar-refractivity contribution in [3.63, 3.8) is 0 Å². The van der Waals surface area contributed by atoms with Crippen LogP contribution in [0.15, 0.2) is 72.8 Å². The Morgan fingerprint density at radius 3 is 2.12 bits per heavy atom. The van der Waals surface area contributed by atoms with Gasteiger partial charge in [-0.15, -0.1) is 0 Å². The lowest BCUT2D eigenvalue weighted by Gasteiger charge is -2.23. The largest absolute Gasteiger partial charge is 0.497 e. The van der Waals surface area contributed by atoms with Crippen molar-refractivity contribution in [2.24, 2.45) is 0 Å². The maximum absolute atomic E-state index is 12.4. The monoisotopic (exact) mass is 502 g/mol. The molecular weight excluding hydrogens is 476 g/mol. The highest BCUT2D eigenvalue weighted by Crippen LogP contribution is 2.24. The molecule has 7 nitrogen and oxygen atoms in total. The SMILES string of the molecule is COc1ccc(C(C)NC(=O)COc2ccc(N(Cc3ccc(Cl)cc3)S(C)(=O)=O)cc2)cc1. The van der Waals surface area contributed by atoms with Gasteiger partial charge in [0.1, 0.15) is 11.5 Å². The number of nitrogens with zero attached hydrogens (tertiary/aromatic N) is 1. The van der Waals surface area contributed by atoms with Gasteiger partial charge in [-0.3, -0.25) is 9.10 Å². The summed E-state index contributed by atoms with van der Waals surface area (Å²) in [6.07, 6.45) is 1.15. The van der Waals surface area contributed by atoms with Crippen molar-refractivity contribution in [1.29, 1.82) is 0 Å². The number of hydrogen-bond acceptors (Lipinski definition) is 5. The Bertz CT molecular complexity index is 1200. The number of sulfonamides is 1. The van der Waals surface area contributed by atoms with E-state index in [-0.39, 0.29) is 25.1 Å². The van der Waals surface area contributed by atoms with Crippen LogP contribution in [-0.4, -0.2) is 34.3 Å². The molecule has 0 spiro atoms. The summed E-state index contributed by atoms with van der Waals surface area (Å²) in [7, 11) is -1.92. The second-order valence-corrected chi connectivity index (χ2v) is 10.1. The molecule has 0 aliphatic heterocycles. The molecule has 3 aromatic rings. The minimum Gasteiger partial charge on any atom is -0.497 e. The molecule has 180 valence electrons. The van der Waals surface area contributed by atoms with Crippen molar-refractivity contribution in [2.45, 2.75) is 19.5 Å². The van der Waals surface area contributed by atoms with Crippen LogP contribution in [0.25, 0.3) is 0 Å². The Balaban J connectivity index is 1.59. The first-order valence-corrected chi connectivity index (χ1v) is 12.8. The second kappa shape index (κ2) is 11.3. The number of amides is 1. The highest BCUT2D eigenvalue weighted by Gasteiger charge is 2.18. The molecule has 34 heavy (non-hydrogen) atoms. The van der Waals surface area contributed by atoms with Crippen LogP contribution in [0.4, 0.5) is 5.69 Å². The Morgan fingerprint density at radius 2 is 1.56 bits per heavy atom. The molecule has 0 aliphatic rings. The molecule has 1 unspecified atom stereocenters. The molecule has 0 fully saturated rings. The van der Waals surface area contributed by atoms with E-state index in [1.807, 2.05) is 31.2 Å². The van der Waals surface area contributed by atoms with Gasteiger partial charge in [0.15, 0.2) is 6.61 Å². The van der Waals surface area contributed by atoms with Gasteiger partial charge in [0, 0.05) is 5.02 Å². The zero-order valence-corrected chi connectivity index (χ0v) is 20.8. The average molecular weight is 503 g/mol. The average Bonchev–Trinajstić information content (AvgIpc) is 2.82. The number of rotatable bonds is 10. The maximum atomic E-state index is 12.4. The van der Waals surface area contributed by atoms with Crippen molar-refractivity contribution in [2.75, 3.05) is 24.3 Å². The van der Waals surface area contributed by atoms with E-state index in [2.05, 4.69) is 5.32 Å². The molecule has 0 aromatic heterocycles. The summed E-state index contributed by atoms with van der Waals surface area (Å²) >= 11 is 5.92. The van der Waals surface area contributed by atoms with Crippen LogP contribution >= 0.6 is 11.6 Å². The van der Waals surface area contributed by atoms with Crippen molar-refractivity contribution in [3.8, 4) is 11.5 Å². The minimum absolute atomic E-state index is 0.166. The Kier molecular flexibility index (Phi) is 8.41. The molecule has 3 rings (SSSR count). The lowest BCUT2D eigenvalue weighted by Crippen LogP contribution is -2.31. The van der Waals surface area contributed by atoms with Gasteiger partial charge < -0.3 is 14.8 Å². The first-order valence-electron chi connectivity index (χ1n) is 10.5. The quantitative estimate of drug-likeness (QED) is 0.439. The van der Waals surface area contributed by atoms with E-state index >= 15 is 0 Å². The van der Waals surface area contributed by atoms with Crippen LogP contribution < -0.4 is 19.1 Å². The van der Waals surface area contributed by atoms with Crippen LogP contribution in [0.5, 0.6) is 11.5 Å². The van der Waals surface area contributed by atoms with Gasteiger partial charge in [-0.1, -0.05) is 35.9 Å². The number of carbonyl (C=O) groups is 1. The summed E-state index contributed by atoms with van der Waals surface area (Å²) in [4.78, 5) is 12.3. The molecule has 1 amide bonds. The Hall–Kier alpha value is -3.23. The Labute approximate surface area is 205 Å². The number of carbonyl (C=O) groups excluding carboxylic acids is 1. The van der Waals surface area contributed by atoms with Gasteiger partial charge >= 0.3 is 0 Å². The zero-order chi connectivity index (χ0) is 24.7. The third-order valence-corrected chi connectivity index (χ3v) is 6.52. The van der Waals surface area contributed by atoms with Crippen LogP contribution in [-0.2, 0) is 21.4 Å². The van der Waals surface area contributed by atoms with Gasteiger partial charge in [0.25, 0.3) is 5.91 Å². The van der Waals surface area contributed by atoms with E-state index in [1.165, 1.54) is 4.31 Å². The summed E-state index contributed by atoms with van der Waals surface area (Å²) in [5.41, 5.74) is 2.24. The molecule has 0 radical (unpaired) electrons. The summed E-state index contributed by atoms with van der Waals surface area (Å²) in [5, 5.41) is 3.46. The molecule has 1 atom stereocenters. The highest BCUT2D eigenvalue weighted by atomic mass is 35.5. The summed E-state index contributed by atoms with van der Waals surface area (Å²) in [5.74, 6) is 0.931. The molecule has 0 bridgehead atoms. The third kappa shape index (κ3) is 7.13. The fraction of sp³-hybridized carbons (Fsp3) is 0.240. The predicted octanol–water partition coefficient (Wildman–Crippen LogP) is 4.57. The number of nitrogens with one attached hydrogen (secondary N) is 1. The molecule has 1 N–H and O–H groups in total. The highest BCUT2D eigenvalue weighted by molar-refractivity contribution is 7.92. The van der Waals surface area contributed by atoms with E-state index in [0.29, 0.717) is 16.5 Å². The molecule has 0 aliphatic carbocycles. The van der Waals surface area contributed by atoms with E-state index in [4.69, 9.17) is 21.1 Å². The topological polar surface area (TPSA) is 84.9 Å². The van der Waals surface area contributed by atoms with Crippen LogP contribution in [0.1, 0.15) is 24.1 Å². The number of benzene rings is 3. The zero-order valence-electron chi connectivity index (χ0n) is 19.2. The molecule has 0 saturated carbocycles. The molecule has 3 aromatic carbocycles. The van der Waals surface area contributed by atoms with Crippen LogP contribution in [0.2, 0.25) is 5.02 Å². The number of anilines is 1. The fourth-order valence-corrected chi connectivity index (χ4v) is 4.29. The van der Waals surface area contributed by atoms with Crippen molar-refractivity contribution in [1.82, 2.24) is 5.32 Å². The lowest BCUT2D eigenvalue weighted by atomic mass is 10.1. The lowest BCUT2D eigenvalue weighted by molar-refractivity contribution is -0.123. The minimum atomic E-state index is -3.52. The Morgan fingerprint density at radius 1 is 0.971 bits per heavy atom. The maximum Gasteiger partial charge on any atom is 0.258 e. The van der Waals surface area contributed by atoms with E-state index in [1.54, 1.807) is 55.6 Å². The van der Waals surface area contributed by atoms with Gasteiger partial charge in [-0.05, 0) is 66.6 Å². The summed E-state index contributed by atoms with van der Waals surface area (Å²) in [6, 6.07) is 20.8. The number of hydrogen-bond donors (Lipinski definition) is 1. The number of ether oxygens (including phenoxy) is 2. The van der Waals surface area contributed by atoms with Gasteiger partial charge in [-0.2, -0.15) is 0 Å². The van der Waals surface area contributed by atoms with E-state index in [9.17, 15) is 13.2 Å². The number of methoxy groups -OCH3 is 1. The molecular formula is C25H27ClN2O5S. The smallest absolute Gasteiger partial charge is 0.258 e. The first-order chi connectivity index (χ1) is 16.2. The normalized spacial score (nSPS) is 12.0. The van der Waals surface area contributed by atoms with E-state index < -0.39 is 10.0 Å². The number of halogens is 1. The van der Waals surface area contributed by atoms with Gasteiger partial charge in [-0.25, -0.2) is 8.42 Å². The predicted molar refractivity (Wildman–Crippen MR) is 134 cm³/mol.